The van der Waals surface area contributed by atoms with Crippen molar-refractivity contribution in [1.82, 2.24) is 9.88 Å². The monoisotopic (exact) mass is 396 g/mol. The van der Waals surface area contributed by atoms with Gasteiger partial charge in [0.2, 0.25) is 11.8 Å². The molecule has 154 valence electrons. The van der Waals surface area contributed by atoms with E-state index in [1.54, 1.807) is 19.2 Å². The Labute approximate surface area is 171 Å². The number of rotatable bonds is 7. The van der Waals surface area contributed by atoms with E-state index in [1.165, 1.54) is 6.20 Å². The lowest BCUT2D eigenvalue weighted by Gasteiger charge is -2.41. The number of anilines is 2. The second-order valence-corrected chi connectivity index (χ2v) is 7.23. The van der Waals surface area contributed by atoms with Gasteiger partial charge in [-0.15, -0.1) is 0 Å². The molecular weight excluding hydrogens is 368 g/mol. The Balaban J connectivity index is 1.94. The van der Waals surface area contributed by atoms with Crippen LogP contribution in [0.2, 0.25) is 0 Å². The number of benzene rings is 1. The highest BCUT2D eigenvalue weighted by Gasteiger charge is 2.41. The number of pyridine rings is 1. The molecule has 2 aromatic rings. The fourth-order valence-corrected chi connectivity index (χ4v) is 3.83. The van der Waals surface area contributed by atoms with Gasteiger partial charge in [0, 0.05) is 18.5 Å². The van der Waals surface area contributed by atoms with E-state index >= 15 is 0 Å². The Morgan fingerprint density at radius 3 is 2.79 bits per heavy atom. The van der Waals surface area contributed by atoms with Crippen LogP contribution in [-0.2, 0) is 9.59 Å². The molecule has 29 heavy (non-hydrogen) atoms. The van der Waals surface area contributed by atoms with E-state index < -0.39 is 5.92 Å². The molecule has 1 aliphatic rings. The fraction of sp³-hybridized carbons (Fsp3) is 0.409. The van der Waals surface area contributed by atoms with Crippen LogP contribution in [0.4, 0.5) is 11.5 Å². The summed E-state index contributed by atoms with van der Waals surface area (Å²) in [5.41, 5.74) is 7.07. The molecule has 3 N–H and O–H groups in total. The standard InChI is InChI=1S/C22H28N4O3/c1-3-4-13-26-20(27)12-10-17(21(26)16-7-5-6-8-18(16)29-2)22(28)25-15-9-11-19(23)24-14-15/h5-9,11,14,17,21H,3-4,10,12-13H2,1-2H3,(H2,23,24)(H,25,28). The number of piperidine rings is 1. The van der Waals surface area contributed by atoms with Crippen LogP contribution in [0.1, 0.15) is 44.2 Å². The van der Waals surface area contributed by atoms with E-state index in [0.29, 0.717) is 36.6 Å². The second-order valence-electron chi connectivity index (χ2n) is 7.23. The molecule has 0 saturated carbocycles. The highest BCUT2D eigenvalue weighted by Crippen LogP contribution is 2.41. The van der Waals surface area contributed by atoms with Crippen molar-refractivity contribution < 1.29 is 14.3 Å². The van der Waals surface area contributed by atoms with Crippen LogP contribution in [0.25, 0.3) is 0 Å². The summed E-state index contributed by atoms with van der Waals surface area (Å²) >= 11 is 0. The Morgan fingerprint density at radius 1 is 1.31 bits per heavy atom. The van der Waals surface area contributed by atoms with Gasteiger partial charge in [0.15, 0.2) is 0 Å². The topological polar surface area (TPSA) is 97.6 Å². The molecule has 2 amide bonds. The largest absolute Gasteiger partial charge is 0.496 e. The first kappa shape index (κ1) is 20.6. The van der Waals surface area contributed by atoms with Crippen molar-refractivity contribution >= 4 is 23.3 Å². The lowest BCUT2D eigenvalue weighted by molar-refractivity contribution is -0.142. The predicted octanol–water partition coefficient (Wildman–Crippen LogP) is 3.39. The number of hydrogen-bond acceptors (Lipinski definition) is 5. The van der Waals surface area contributed by atoms with Gasteiger partial charge in [0.1, 0.15) is 11.6 Å². The zero-order chi connectivity index (χ0) is 20.8. The van der Waals surface area contributed by atoms with Crippen molar-refractivity contribution in [3.8, 4) is 5.75 Å². The van der Waals surface area contributed by atoms with Crippen molar-refractivity contribution in [3.05, 3.63) is 48.2 Å². The molecule has 0 spiro atoms. The summed E-state index contributed by atoms with van der Waals surface area (Å²) in [4.78, 5) is 31.9. The molecule has 2 heterocycles. The third kappa shape index (κ3) is 4.67. The maximum Gasteiger partial charge on any atom is 0.229 e. The van der Waals surface area contributed by atoms with E-state index in [1.807, 2.05) is 29.2 Å². The number of nitrogens with two attached hydrogens (primary N) is 1. The Morgan fingerprint density at radius 2 is 2.10 bits per heavy atom. The number of likely N-dealkylation sites (tertiary alicyclic amines) is 1. The lowest BCUT2D eigenvalue weighted by atomic mass is 9.83. The molecular formula is C22H28N4O3. The number of carbonyl (C=O) groups is 2. The molecule has 0 bridgehead atoms. The zero-order valence-corrected chi connectivity index (χ0v) is 16.9. The van der Waals surface area contributed by atoms with E-state index in [-0.39, 0.29) is 17.9 Å². The van der Waals surface area contributed by atoms with Crippen molar-refractivity contribution in [1.29, 1.82) is 0 Å². The van der Waals surface area contributed by atoms with Gasteiger partial charge in [0.05, 0.1) is 31.0 Å². The fourth-order valence-electron chi connectivity index (χ4n) is 3.83. The Kier molecular flexibility index (Phi) is 6.69. The number of nitrogens with zero attached hydrogens (tertiary/aromatic N) is 2. The number of ether oxygens (including phenoxy) is 1. The summed E-state index contributed by atoms with van der Waals surface area (Å²) in [6.07, 6.45) is 4.23. The number of amides is 2. The van der Waals surface area contributed by atoms with Gasteiger partial charge in [-0.2, -0.15) is 0 Å². The van der Waals surface area contributed by atoms with E-state index in [4.69, 9.17) is 10.5 Å². The average molecular weight is 396 g/mol. The minimum absolute atomic E-state index is 0.0764. The lowest BCUT2D eigenvalue weighted by Crippen LogP contribution is -2.47. The Bertz CT molecular complexity index is 853. The third-order valence-corrected chi connectivity index (χ3v) is 5.31. The van der Waals surface area contributed by atoms with Crippen LogP contribution in [0.15, 0.2) is 42.6 Å². The first-order valence-corrected chi connectivity index (χ1v) is 10.00. The van der Waals surface area contributed by atoms with Gasteiger partial charge in [-0.1, -0.05) is 31.5 Å². The molecule has 0 radical (unpaired) electrons. The molecule has 1 fully saturated rings. The summed E-state index contributed by atoms with van der Waals surface area (Å²) in [6.45, 7) is 2.70. The number of nitrogens with one attached hydrogen (secondary N) is 1. The molecule has 2 unspecified atom stereocenters. The van der Waals surface area contributed by atoms with Gasteiger partial charge in [-0.25, -0.2) is 4.98 Å². The van der Waals surface area contributed by atoms with E-state index in [9.17, 15) is 9.59 Å². The van der Waals surface area contributed by atoms with Crippen molar-refractivity contribution in [2.24, 2.45) is 5.92 Å². The number of nitrogen functional groups attached to an aromatic ring is 1. The van der Waals surface area contributed by atoms with E-state index in [0.717, 1.165) is 18.4 Å². The summed E-state index contributed by atoms with van der Waals surface area (Å²) in [6, 6.07) is 10.6. The molecule has 1 aromatic heterocycles. The minimum atomic E-state index is -0.390. The molecule has 1 aromatic carbocycles. The van der Waals surface area contributed by atoms with Crippen LogP contribution < -0.4 is 15.8 Å². The van der Waals surface area contributed by atoms with Gasteiger partial charge >= 0.3 is 0 Å². The quantitative estimate of drug-likeness (QED) is 0.748. The normalized spacial score (nSPS) is 19.1. The number of para-hydroxylation sites is 1. The molecule has 7 nitrogen and oxygen atoms in total. The number of carbonyl (C=O) groups excluding carboxylic acids is 2. The van der Waals surface area contributed by atoms with Crippen molar-refractivity contribution in [2.75, 3.05) is 24.7 Å². The van der Waals surface area contributed by atoms with Crippen LogP contribution in [-0.4, -0.2) is 35.4 Å². The smallest absolute Gasteiger partial charge is 0.229 e. The summed E-state index contributed by atoms with van der Waals surface area (Å²) in [7, 11) is 1.61. The zero-order valence-electron chi connectivity index (χ0n) is 16.9. The van der Waals surface area contributed by atoms with Gasteiger partial charge < -0.3 is 20.7 Å². The van der Waals surface area contributed by atoms with Crippen LogP contribution in [0.5, 0.6) is 5.75 Å². The van der Waals surface area contributed by atoms with Gasteiger partial charge in [-0.05, 0) is 31.0 Å². The van der Waals surface area contributed by atoms with Gasteiger partial charge in [0.25, 0.3) is 0 Å². The molecule has 1 aliphatic heterocycles. The molecule has 7 heteroatoms. The van der Waals surface area contributed by atoms with Gasteiger partial charge in [-0.3, -0.25) is 9.59 Å². The minimum Gasteiger partial charge on any atom is -0.496 e. The molecule has 2 atom stereocenters. The first-order valence-electron chi connectivity index (χ1n) is 10.00. The Hall–Kier alpha value is -3.09. The van der Waals surface area contributed by atoms with Crippen LogP contribution in [0.3, 0.4) is 0 Å². The maximum absolute atomic E-state index is 13.2. The van der Waals surface area contributed by atoms with Crippen molar-refractivity contribution in [3.63, 3.8) is 0 Å². The third-order valence-electron chi connectivity index (χ3n) is 5.31. The average Bonchev–Trinajstić information content (AvgIpc) is 2.74. The number of hydrogen-bond donors (Lipinski definition) is 2. The summed E-state index contributed by atoms with van der Waals surface area (Å²) < 4.78 is 5.55. The summed E-state index contributed by atoms with van der Waals surface area (Å²) in [5.74, 6) is 0.622. The number of methoxy groups -OCH3 is 1. The van der Waals surface area contributed by atoms with Crippen molar-refractivity contribution in [2.45, 2.75) is 38.6 Å². The SMILES string of the molecule is CCCCN1C(=O)CCC(C(=O)Nc2ccc(N)nc2)C1c1ccccc1OC. The molecule has 3 rings (SSSR count). The second kappa shape index (κ2) is 9.41. The van der Waals surface area contributed by atoms with Crippen LogP contribution in [0, 0.1) is 5.92 Å². The predicted molar refractivity (Wildman–Crippen MR) is 112 cm³/mol. The number of aromatic nitrogens is 1. The van der Waals surface area contributed by atoms with Crippen LogP contribution >= 0.6 is 0 Å². The highest BCUT2D eigenvalue weighted by molar-refractivity contribution is 5.94. The maximum atomic E-state index is 13.2. The number of unbranched alkanes of at least 4 members (excludes halogenated alkanes) is 1. The first-order chi connectivity index (χ1) is 14.0. The summed E-state index contributed by atoms with van der Waals surface area (Å²) in [5, 5.41) is 2.93. The van der Waals surface area contributed by atoms with E-state index in [2.05, 4.69) is 17.2 Å². The highest BCUT2D eigenvalue weighted by atomic mass is 16.5. The molecule has 1 saturated heterocycles. The molecule has 0 aliphatic carbocycles.